The van der Waals surface area contributed by atoms with Gasteiger partial charge in [0.25, 0.3) is 0 Å². The molecule has 2 aliphatic heterocycles. The molecule has 0 aliphatic carbocycles. The van der Waals surface area contributed by atoms with Crippen molar-refractivity contribution in [3.63, 3.8) is 0 Å². The van der Waals surface area contributed by atoms with Crippen molar-refractivity contribution in [1.29, 1.82) is 0 Å². The monoisotopic (exact) mass is 478 g/mol. The first-order chi connectivity index (χ1) is 17.5. The Morgan fingerprint density at radius 2 is 1.61 bits per heavy atom. The number of fused-ring (bicyclic) bond motifs is 2. The zero-order valence-electron chi connectivity index (χ0n) is 19.2. The quantitative estimate of drug-likeness (QED) is 0.338. The van der Waals surface area contributed by atoms with E-state index in [0.29, 0.717) is 41.9 Å². The SMILES string of the molecule is O=C(C1=C(c2c(O)c3ccccc3oc2=O)C(O)(c2ccccc2)N2CCCN=C12)c1ccccc1. The number of hydrogen-bond donors (Lipinski definition) is 2. The van der Waals surface area contributed by atoms with Crippen LogP contribution >= 0.6 is 0 Å². The number of aromatic hydroxyl groups is 1. The summed E-state index contributed by atoms with van der Waals surface area (Å²) in [7, 11) is 0. The van der Waals surface area contributed by atoms with Crippen LogP contribution in [0.25, 0.3) is 16.5 Å². The molecule has 1 aromatic heterocycles. The summed E-state index contributed by atoms with van der Waals surface area (Å²) < 4.78 is 5.57. The molecule has 0 saturated heterocycles. The molecule has 36 heavy (non-hydrogen) atoms. The summed E-state index contributed by atoms with van der Waals surface area (Å²) in [6.07, 6.45) is 0.650. The van der Waals surface area contributed by atoms with Gasteiger partial charge in [-0.2, -0.15) is 0 Å². The first kappa shape index (κ1) is 22.0. The summed E-state index contributed by atoms with van der Waals surface area (Å²) in [5, 5.41) is 24.2. The number of aliphatic hydroxyl groups is 1. The van der Waals surface area contributed by atoms with Crippen LogP contribution in [0, 0.1) is 0 Å². The lowest BCUT2D eigenvalue weighted by Crippen LogP contribution is -2.48. The topological polar surface area (TPSA) is 103 Å². The second-order valence-corrected chi connectivity index (χ2v) is 8.80. The molecule has 0 saturated carbocycles. The van der Waals surface area contributed by atoms with E-state index < -0.39 is 17.1 Å². The van der Waals surface area contributed by atoms with Crippen molar-refractivity contribution in [3.8, 4) is 5.75 Å². The number of aliphatic imine (C=N–C) groups is 1. The summed E-state index contributed by atoms with van der Waals surface area (Å²) >= 11 is 0. The van der Waals surface area contributed by atoms with Crippen LogP contribution in [-0.4, -0.2) is 39.8 Å². The van der Waals surface area contributed by atoms with Gasteiger partial charge in [0.15, 0.2) is 11.5 Å². The van der Waals surface area contributed by atoms with Crippen LogP contribution in [0.4, 0.5) is 0 Å². The average Bonchev–Trinajstić information content (AvgIpc) is 3.19. The normalized spacial score (nSPS) is 19.4. The molecule has 3 aromatic carbocycles. The first-order valence-electron chi connectivity index (χ1n) is 11.7. The molecular weight excluding hydrogens is 456 g/mol. The molecule has 7 heteroatoms. The maximum absolute atomic E-state index is 14.0. The van der Waals surface area contributed by atoms with Gasteiger partial charge in [-0.05, 0) is 18.6 Å². The number of hydrogen-bond acceptors (Lipinski definition) is 7. The van der Waals surface area contributed by atoms with E-state index in [9.17, 15) is 19.8 Å². The Morgan fingerprint density at radius 3 is 2.36 bits per heavy atom. The standard InChI is InChI=1S/C29H22N2O5/c32-25(18-10-3-1-4-11-18)22-24(23-26(33)20-14-7-8-15-21(20)36-28(23)34)29(35,19-12-5-2-6-13-19)31-17-9-16-30-27(22)31/h1-8,10-15,33,35H,9,16-17H2. The van der Waals surface area contributed by atoms with Gasteiger partial charge in [0, 0.05) is 29.8 Å². The van der Waals surface area contributed by atoms with Crippen molar-refractivity contribution in [2.75, 3.05) is 13.1 Å². The molecule has 0 radical (unpaired) electrons. The Bertz CT molecular complexity index is 1620. The Labute approximate surface area is 206 Å². The number of benzene rings is 3. The predicted octanol–water partition coefficient (Wildman–Crippen LogP) is 4.10. The number of Topliss-reactive ketones (excluding diaryl/α,β-unsaturated/α-hetero) is 1. The first-order valence-corrected chi connectivity index (χ1v) is 11.7. The number of nitrogens with zero attached hydrogens (tertiary/aromatic N) is 2. The fraction of sp³-hybridized carbons (Fsp3) is 0.138. The minimum atomic E-state index is -1.94. The van der Waals surface area contributed by atoms with E-state index in [-0.39, 0.29) is 28.0 Å². The number of amidine groups is 1. The summed E-state index contributed by atoms with van der Waals surface area (Å²) in [5.41, 5.74) is -1.97. The second kappa shape index (κ2) is 8.32. The third-order valence-corrected chi connectivity index (χ3v) is 6.75. The number of carbonyl (C=O) groups is 1. The van der Waals surface area contributed by atoms with Crippen LogP contribution < -0.4 is 5.63 Å². The Balaban J connectivity index is 1.76. The average molecular weight is 479 g/mol. The number of ketones is 1. The fourth-order valence-corrected chi connectivity index (χ4v) is 5.13. The molecule has 0 spiro atoms. The third-order valence-electron chi connectivity index (χ3n) is 6.75. The van der Waals surface area contributed by atoms with E-state index in [1.807, 2.05) is 6.07 Å². The Hall–Kier alpha value is -4.49. The van der Waals surface area contributed by atoms with Gasteiger partial charge in [0.05, 0.1) is 11.0 Å². The van der Waals surface area contributed by atoms with Crippen molar-refractivity contribution < 1.29 is 19.4 Å². The lowest BCUT2D eigenvalue weighted by Gasteiger charge is -2.39. The van der Waals surface area contributed by atoms with E-state index in [4.69, 9.17) is 4.42 Å². The van der Waals surface area contributed by atoms with Crippen LogP contribution in [0.1, 0.15) is 27.9 Å². The van der Waals surface area contributed by atoms with E-state index in [2.05, 4.69) is 4.99 Å². The van der Waals surface area contributed by atoms with Gasteiger partial charge >= 0.3 is 5.63 Å². The smallest absolute Gasteiger partial charge is 0.347 e. The van der Waals surface area contributed by atoms with Gasteiger partial charge in [-0.25, -0.2) is 4.79 Å². The third kappa shape index (κ3) is 3.13. The minimum Gasteiger partial charge on any atom is -0.506 e. The molecule has 2 N–H and O–H groups in total. The van der Waals surface area contributed by atoms with Gasteiger partial charge in [0.1, 0.15) is 22.7 Å². The molecule has 178 valence electrons. The van der Waals surface area contributed by atoms with Crippen molar-refractivity contribution >= 4 is 28.2 Å². The zero-order valence-corrected chi connectivity index (χ0v) is 19.2. The summed E-state index contributed by atoms with van der Waals surface area (Å²) in [4.78, 5) is 33.7. The highest BCUT2D eigenvalue weighted by Gasteiger charge is 2.54. The Morgan fingerprint density at radius 1 is 0.944 bits per heavy atom. The molecule has 3 heterocycles. The lowest BCUT2D eigenvalue weighted by molar-refractivity contribution is -0.0168. The summed E-state index contributed by atoms with van der Waals surface area (Å²) in [6.45, 7) is 0.868. The van der Waals surface area contributed by atoms with Gasteiger partial charge < -0.3 is 19.5 Å². The van der Waals surface area contributed by atoms with Gasteiger partial charge in [-0.1, -0.05) is 72.8 Å². The minimum absolute atomic E-state index is 0.0276. The van der Waals surface area contributed by atoms with Crippen molar-refractivity contribution in [3.05, 3.63) is 118 Å². The fourth-order valence-electron chi connectivity index (χ4n) is 5.13. The molecule has 0 amide bonds. The van der Waals surface area contributed by atoms with Crippen LogP contribution in [0.5, 0.6) is 5.75 Å². The molecule has 2 aliphatic rings. The van der Waals surface area contributed by atoms with Crippen LogP contribution in [0.15, 0.2) is 105 Å². The summed E-state index contributed by atoms with van der Waals surface area (Å²) in [6, 6.07) is 24.0. The molecule has 1 atom stereocenters. The number of rotatable bonds is 4. The zero-order chi connectivity index (χ0) is 24.9. The van der Waals surface area contributed by atoms with Gasteiger partial charge in [0.2, 0.25) is 0 Å². The largest absolute Gasteiger partial charge is 0.506 e. The molecule has 1 unspecified atom stereocenters. The van der Waals surface area contributed by atoms with Gasteiger partial charge in [-0.3, -0.25) is 9.79 Å². The predicted molar refractivity (Wildman–Crippen MR) is 136 cm³/mol. The molecule has 6 rings (SSSR count). The van der Waals surface area contributed by atoms with Crippen molar-refractivity contribution in [1.82, 2.24) is 4.90 Å². The highest BCUT2D eigenvalue weighted by Crippen LogP contribution is 2.50. The Kier molecular flexibility index (Phi) is 5.09. The van der Waals surface area contributed by atoms with E-state index in [1.54, 1.807) is 83.8 Å². The van der Waals surface area contributed by atoms with Crippen molar-refractivity contribution in [2.24, 2.45) is 4.99 Å². The summed E-state index contributed by atoms with van der Waals surface area (Å²) in [5.74, 6) is -0.469. The van der Waals surface area contributed by atoms with E-state index in [0.717, 1.165) is 0 Å². The molecule has 7 nitrogen and oxygen atoms in total. The second-order valence-electron chi connectivity index (χ2n) is 8.80. The molecule has 0 bridgehead atoms. The van der Waals surface area contributed by atoms with Gasteiger partial charge in [-0.15, -0.1) is 0 Å². The van der Waals surface area contributed by atoms with Crippen LogP contribution in [0.3, 0.4) is 0 Å². The van der Waals surface area contributed by atoms with Crippen molar-refractivity contribution in [2.45, 2.75) is 12.1 Å². The van der Waals surface area contributed by atoms with E-state index >= 15 is 0 Å². The van der Waals surface area contributed by atoms with E-state index in [1.165, 1.54) is 0 Å². The number of carbonyl (C=O) groups excluding carboxylic acids is 1. The highest BCUT2D eigenvalue weighted by atomic mass is 16.4. The number of para-hydroxylation sites is 1. The molecule has 4 aromatic rings. The molecular formula is C29H22N2O5. The maximum Gasteiger partial charge on any atom is 0.347 e. The van der Waals surface area contributed by atoms with Crippen LogP contribution in [0.2, 0.25) is 0 Å². The molecule has 0 fully saturated rings. The highest BCUT2D eigenvalue weighted by molar-refractivity contribution is 6.34. The maximum atomic E-state index is 14.0. The lowest BCUT2D eigenvalue weighted by atomic mass is 9.86. The van der Waals surface area contributed by atoms with Crippen LogP contribution in [-0.2, 0) is 5.72 Å².